The molecule has 2 heterocycles. The van der Waals surface area contributed by atoms with E-state index in [1.165, 1.54) is 0 Å². The van der Waals surface area contributed by atoms with E-state index in [2.05, 4.69) is 20.9 Å². The molecule has 0 fully saturated rings. The maximum Gasteiger partial charge on any atom is 0.308 e. The predicted octanol–water partition coefficient (Wildman–Crippen LogP) is 3.34. The Morgan fingerprint density at radius 3 is 2.78 bits per heavy atom. The number of hydrogen-bond acceptors (Lipinski definition) is 8. The fraction of sp³-hybridized carbons (Fsp3) is 0.407. The Hall–Kier alpha value is -4.08. The Bertz CT molecular complexity index is 1170. The van der Waals surface area contributed by atoms with Crippen molar-refractivity contribution in [1.29, 1.82) is 0 Å². The first-order chi connectivity index (χ1) is 18.0. The number of hydrogen-bond donors (Lipinski definition) is 3. The van der Waals surface area contributed by atoms with Gasteiger partial charge in [-0.2, -0.15) is 0 Å². The van der Waals surface area contributed by atoms with Crippen LogP contribution in [0.2, 0.25) is 0 Å². The molecule has 0 radical (unpaired) electrons. The van der Waals surface area contributed by atoms with Crippen molar-refractivity contribution >= 4 is 29.3 Å². The first kappa shape index (κ1) is 26.0. The molecule has 1 atom stereocenters. The molecule has 4 rings (SSSR count). The number of aliphatic imine (C=N–C) groups is 1. The maximum absolute atomic E-state index is 12.7. The number of benzene rings is 2. The molecule has 2 aromatic rings. The highest BCUT2D eigenvalue weighted by Crippen LogP contribution is 2.35. The molecule has 0 spiro atoms. The Morgan fingerprint density at radius 1 is 1.05 bits per heavy atom. The zero-order valence-corrected chi connectivity index (χ0v) is 20.9. The highest BCUT2D eigenvalue weighted by atomic mass is 16.7. The van der Waals surface area contributed by atoms with Crippen LogP contribution < -0.4 is 25.4 Å². The van der Waals surface area contributed by atoms with Gasteiger partial charge in [0.2, 0.25) is 12.7 Å². The summed E-state index contributed by atoms with van der Waals surface area (Å²) >= 11 is 0. The Morgan fingerprint density at radius 2 is 1.92 bits per heavy atom. The minimum Gasteiger partial charge on any atom is -0.466 e. The van der Waals surface area contributed by atoms with Crippen molar-refractivity contribution in [3.05, 3.63) is 53.6 Å². The second-order valence-corrected chi connectivity index (χ2v) is 8.77. The van der Waals surface area contributed by atoms with E-state index in [0.717, 1.165) is 43.8 Å². The van der Waals surface area contributed by atoms with Crippen LogP contribution in [0, 0.1) is 0 Å². The second-order valence-electron chi connectivity index (χ2n) is 8.77. The largest absolute Gasteiger partial charge is 0.466 e. The van der Waals surface area contributed by atoms with E-state index in [0.29, 0.717) is 22.6 Å². The molecular formula is C27H32N4O6. The monoisotopic (exact) mass is 508 g/mol. The summed E-state index contributed by atoms with van der Waals surface area (Å²) in [5.41, 5.74) is 1.86. The van der Waals surface area contributed by atoms with Gasteiger partial charge in [0.25, 0.3) is 5.91 Å². The summed E-state index contributed by atoms with van der Waals surface area (Å²) < 4.78 is 15.8. The summed E-state index contributed by atoms with van der Waals surface area (Å²) in [6, 6.07) is 11.6. The van der Waals surface area contributed by atoms with E-state index in [-0.39, 0.29) is 32.3 Å². The molecule has 2 aliphatic rings. The number of nitrogens with zero attached hydrogens (tertiary/aromatic N) is 1. The lowest BCUT2D eigenvalue weighted by atomic mass is 10.0. The van der Waals surface area contributed by atoms with E-state index in [4.69, 9.17) is 14.2 Å². The van der Waals surface area contributed by atoms with Gasteiger partial charge in [-0.1, -0.05) is 18.6 Å². The number of ether oxygens (including phenoxy) is 3. The van der Waals surface area contributed by atoms with Gasteiger partial charge in [0.05, 0.1) is 25.6 Å². The zero-order valence-electron chi connectivity index (χ0n) is 20.9. The second kappa shape index (κ2) is 12.8. The number of carbonyl (C=O) groups excluding carboxylic acids is 3. The van der Waals surface area contributed by atoms with Crippen molar-refractivity contribution in [2.45, 2.75) is 45.1 Å². The van der Waals surface area contributed by atoms with E-state index in [1.807, 2.05) is 6.07 Å². The Kier molecular flexibility index (Phi) is 8.96. The fourth-order valence-electron chi connectivity index (χ4n) is 4.16. The van der Waals surface area contributed by atoms with Crippen molar-refractivity contribution < 1.29 is 28.6 Å². The van der Waals surface area contributed by atoms with Crippen molar-refractivity contribution in [3.63, 3.8) is 0 Å². The molecule has 0 aliphatic carbocycles. The molecule has 2 aromatic carbocycles. The molecule has 0 saturated carbocycles. The number of esters is 1. The van der Waals surface area contributed by atoms with Crippen molar-refractivity contribution in [2.75, 3.05) is 31.8 Å². The molecule has 10 heteroatoms. The number of amides is 2. The quantitative estimate of drug-likeness (QED) is 0.443. The summed E-state index contributed by atoms with van der Waals surface area (Å²) in [5.74, 6) is 0.786. The summed E-state index contributed by atoms with van der Waals surface area (Å²) in [7, 11) is 0. The van der Waals surface area contributed by atoms with Gasteiger partial charge in [0.1, 0.15) is 5.84 Å². The molecule has 37 heavy (non-hydrogen) atoms. The van der Waals surface area contributed by atoms with Gasteiger partial charge in [-0.25, -0.2) is 0 Å². The summed E-state index contributed by atoms with van der Waals surface area (Å²) in [6.45, 7) is 2.62. The first-order valence-electron chi connectivity index (χ1n) is 12.5. The molecule has 10 nitrogen and oxygen atoms in total. The molecule has 3 N–H and O–H groups in total. The van der Waals surface area contributed by atoms with Gasteiger partial charge < -0.3 is 30.2 Å². The van der Waals surface area contributed by atoms with Gasteiger partial charge in [-0.15, -0.1) is 0 Å². The predicted molar refractivity (Wildman–Crippen MR) is 138 cm³/mol. The van der Waals surface area contributed by atoms with Crippen molar-refractivity contribution in [1.82, 2.24) is 10.6 Å². The van der Waals surface area contributed by atoms with Crippen LogP contribution in [-0.4, -0.2) is 50.1 Å². The lowest BCUT2D eigenvalue weighted by Crippen LogP contribution is -2.39. The van der Waals surface area contributed by atoms with E-state index >= 15 is 0 Å². The zero-order chi connectivity index (χ0) is 26.0. The Balaban J connectivity index is 1.35. The molecular weight excluding hydrogens is 476 g/mol. The average molecular weight is 509 g/mol. The molecule has 2 aliphatic heterocycles. The van der Waals surface area contributed by atoms with Crippen LogP contribution in [0.4, 0.5) is 5.69 Å². The van der Waals surface area contributed by atoms with Crippen LogP contribution in [0.15, 0.2) is 47.5 Å². The molecule has 0 saturated heterocycles. The molecule has 196 valence electrons. The number of anilines is 1. The van der Waals surface area contributed by atoms with Crippen LogP contribution in [-0.2, 0) is 14.3 Å². The highest BCUT2D eigenvalue weighted by molar-refractivity contribution is 6.00. The third-order valence-electron chi connectivity index (χ3n) is 6.01. The van der Waals surface area contributed by atoms with Gasteiger partial charge in [-0.05, 0) is 55.7 Å². The number of nitrogens with one attached hydrogen (secondary N) is 3. The molecule has 1 unspecified atom stereocenters. The smallest absolute Gasteiger partial charge is 0.308 e. The first-order valence-corrected chi connectivity index (χ1v) is 12.5. The van der Waals surface area contributed by atoms with Gasteiger partial charge in [0, 0.05) is 24.2 Å². The minimum atomic E-state index is -0.661. The van der Waals surface area contributed by atoms with Crippen LogP contribution in [0.1, 0.15) is 61.0 Å². The van der Waals surface area contributed by atoms with Gasteiger partial charge in [0.15, 0.2) is 11.5 Å². The van der Waals surface area contributed by atoms with E-state index in [1.54, 1.807) is 43.3 Å². The average Bonchev–Trinajstić information content (AvgIpc) is 3.22. The molecule has 0 bridgehead atoms. The number of amidine groups is 1. The lowest BCUT2D eigenvalue weighted by Gasteiger charge is -2.19. The number of fused-ring (bicyclic) bond motifs is 1. The lowest BCUT2D eigenvalue weighted by molar-refractivity contribution is -0.143. The van der Waals surface area contributed by atoms with Crippen LogP contribution >= 0.6 is 0 Å². The van der Waals surface area contributed by atoms with E-state index < -0.39 is 17.9 Å². The minimum absolute atomic E-state index is 0.0647. The van der Waals surface area contributed by atoms with Gasteiger partial charge in [-0.3, -0.25) is 19.4 Å². The SMILES string of the molecule is CCOC(=O)CC(NC(=O)CNC(=O)c1cccc(NC2=NCCCCC2)c1)c1ccc2c(c1)OCO2. The number of carbonyl (C=O) groups is 3. The third-order valence-corrected chi connectivity index (χ3v) is 6.01. The fourth-order valence-corrected chi connectivity index (χ4v) is 4.16. The third kappa shape index (κ3) is 7.45. The molecule has 2 amide bonds. The van der Waals surface area contributed by atoms with Crippen LogP contribution in [0.3, 0.4) is 0 Å². The summed E-state index contributed by atoms with van der Waals surface area (Å²) in [4.78, 5) is 42.2. The van der Waals surface area contributed by atoms with Gasteiger partial charge >= 0.3 is 5.97 Å². The van der Waals surface area contributed by atoms with Crippen molar-refractivity contribution in [3.8, 4) is 11.5 Å². The maximum atomic E-state index is 12.7. The highest BCUT2D eigenvalue weighted by Gasteiger charge is 2.23. The topological polar surface area (TPSA) is 127 Å². The van der Waals surface area contributed by atoms with Crippen LogP contribution in [0.5, 0.6) is 11.5 Å². The number of rotatable bonds is 9. The standard InChI is InChI=1S/C27H32N4O6/c1-2-35-26(33)15-21(18-10-11-22-23(14-18)37-17-36-22)31-25(32)16-29-27(34)19-7-6-8-20(13-19)30-24-9-4-3-5-12-28-24/h6-8,10-11,13-14,21H,2-5,9,12,15-17H2,1H3,(H,28,30)(H,29,34)(H,31,32). The molecule has 0 aromatic heterocycles. The summed E-state index contributed by atoms with van der Waals surface area (Å²) in [6.07, 6.45) is 4.15. The van der Waals surface area contributed by atoms with E-state index in [9.17, 15) is 14.4 Å². The Labute approximate surface area is 215 Å². The normalized spacial score (nSPS) is 15.1. The summed E-state index contributed by atoms with van der Waals surface area (Å²) in [5, 5.41) is 8.76. The van der Waals surface area contributed by atoms with Crippen LogP contribution in [0.25, 0.3) is 0 Å². The van der Waals surface area contributed by atoms with Crippen molar-refractivity contribution in [2.24, 2.45) is 4.99 Å².